The topological polar surface area (TPSA) is 116 Å². The second-order valence-corrected chi connectivity index (χ2v) is 12.3. The summed E-state index contributed by atoms with van der Waals surface area (Å²) in [6, 6.07) is 5.97. The zero-order chi connectivity index (χ0) is 35.8. The predicted octanol–water partition coefficient (Wildman–Crippen LogP) is 5.86. The lowest BCUT2D eigenvalue weighted by Crippen LogP contribution is -2.60. The van der Waals surface area contributed by atoms with Crippen LogP contribution in [0.25, 0.3) is 0 Å². The Labute approximate surface area is 266 Å². The second-order valence-electron chi connectivity index (χ2n) is 10.4. The minimum absolute atomic E-state index is 0.182. The highest BCUT2D eigenvalue weighted by molar-refractivity contribution is 7.89. The van der Waals surface area contributed by atoms with Crippen LogP contribution in [0.2, 0.25) is 0 Å². The molecule has 0 saturated carbocycles. The van der Waals surface area contributed by atoms with E-state index in [1.807, 2.05) is 0 Å². The van der Waals surface area contributed by atoms with E-state index >= 15 is 0 Å². The number of anilines is 2. The number of sulfonamides is 1. The average Bonchev–Trinajstić information content (AvgIpc) is 2.99. The highest BCUT2D eigenvalue weighted by atomic mass is 32.2. The van der Waals surface area contributed by atoms with E-state index in [1.54, 1.807) is 0 Å². The molecule has 4 rings (SSSR count). The third-order valence-electron chi connectivity index (χ3n) is 7.02. The Morgan fingerprint density at radius 2 is 1.17 bits per heavy atom. The summed E-state index contributed by atoms with van der Waals surface area (Å²) in [6.07, 6.45) is -15.3. The molecule has 0 radical (unpaired) electrons. The van der Waals surface area contributed by atoms with Gasteiger partial charge >= 0.3 is 18.5 Å². The van der Waals surface area contributed by atoms with Crippen LogP contribution in [0.1, 0.15) is 34.0 Å². The smallest absolute Gasteiger partial charge is 0.335 e. The molecule has 1 heterocycles. The lowest BCUT2D eigenvalue weighted by molar-refractivity contribution is -0.143. The molecule has 3 amide bonds. The summed E-state index contributed by atoms with van der Waals surface area (Å²) < 4.78 is 148. The second kappa shape index (κ2) is 13.1. The third kappa shape index (κ3) is 8.25. The number of hydrogen-bond acceptors (Lipinski definition) is 5. The SMILES string of the molecule is CC(=O)Nc1ccc(S(=O)(=O)N2CCN(C(=O)c3cc(C(F)(F)F)cc(C(F)(F)F)c3)CC2C(=O)Nc2ccc(C(F)(F)F)cc2)cc1. The molecule has 1 aliphatic heterocycles. The van der Waals surface area contributed by atoms with Gasteiger partial charge in [0.15, 0.2) is 0 Å². The van der Waals surface area contributed by atoms with Crippen molar-refractivity contribution < 1.29 is 62.3 Å². The predicted molar refractivity (Wildman–Crippen MR) is 151 cm³/mol. The number of carbonyl (C=O) groups is 3. The number of piperazine rings is 1. The first-order valence-electron chi connectivity index (χ1n) is 13.5. The molecule has 9 nitrogen and oxygen atoms in total. The van der Waals surface area contributed by atoms with Crippen molar-refractivity contribution in [3.05, 3.63) is 89.0 Å². The Bertz CT molecular complexity index is 1780. The summed E-state index contributed by atoms with van der Waals surface area (Å²) in [6.45, 7) is -0.915. The van der Waals surface area contributed by atoms with Gasteiger partial charge in [-0.3, -0.25) is 14.4 Å². The summed E-state index contributed by atoms with van der Waals surface area (Å²) in [4.78, 5) is 38.4. The molecule has 2 N–H and O–H groups in total. The third-order valence-corrected chi connectivity index (χ3v) is 8.94. The molecule has 3 aromatic carbocycles. The van der Waals surface area contributed by atoms with Gasteiger partial charge in [-0.25, -0.2) is 8.42 Å². The van der Waals surface area contributed by atoms with Gasteiger partial charge in [-0.15, -0.1) is 0 Å². The number of hydrogen-bond donors (Lipinski definition) is 2. The summed E-state index contributed by atoms with van der Waals surface area (Å²) in [5, 5.41) is 4.66. The molecule has 0 spiro atoms. The molecule has 1 aliphatic rings. The molecule has 0 aliphatic carbocycles. The Morgan fingerprint density at radius 1 is 0.688 bits per heavy atom. The highest BCUT2D eigenvalue weighted by Crippen LogP contribution is 2.37. The first-order chi connectivity index (χ1) is 22.1. The van der Waals surface area contributed by atoms with Crippen molar-refractivity contribution in [3.8, 4) is 0 Å². The molecule has 0 bridgehead atoms. The van der Waals surface area contributed by atoms with Crippen LogP contribution in [0, 0.1) is 0 Å². The lowest BCUT2D eigenvalue weighted by atomic mass is 10.0. The Balaban J connectivity index is 1.70. The van der Waals surface area contributed by atoms with Gasteiger partial charge in [-0.2, -0.15) is 43.8 Å². The van der Waals surface area contributed by atoms with E-state index in [0.29, 0.717) is 21.3 Å². The largest absolute Gasteiger partial charge is 0.416 e. The first-order valence-corrected chi connectivity index (χ1v) is 15.0. The van der Waals surface area contributed by atoms with Crippen LogP contribution in [-0.4, -0.2) is 61.0 Å². The first kappa shape index (κ1) is 36.2. The zero-order valence-electron chi connectivity index (χ0n) is 24.3. The molecule has 0 aromatic heterocycles. The number of carbonyl (C=O) groups excluding carboxylic acids is 3. The number of benzene rings is 3. The molecule has 1 unspecified atom stereocenters. The molecule has 3 aromatic rings. The van der Waals surface area contributed by atoms with Crippen LogP contribution in [0.3, 0.4) is 0 Å². The fraction of sp³-hybridized carbons (Fsp3) is 0.276. The van der Waals surface area contributed by atoms with Crippen molar-refractivity contribution in [2.75, 3.05) is 30.3 Å². The van der Waals surface area contributed by atoms with Gasteiger partial charge in [0.05, 0.1) is 21.6 Å². The van der Waals surface area contributed by atoms with E-state index in [4.69, 9.17) is 0 Å². The number of alkyl halides is 9. The standard InChI is InChI=1S/C29H23F9N4O5S/c1-16(43)39-21-6-8-23(9-7-21)48(46,47)42-11-10-41(15-24(42)25(44)40-22-4-2-18(3-5-22)27(30,31)32)26(45)17-12-19(28(33,34)35)14-20(13-17)29(36,37)38/h2-9,12-14,24H,10-11,15H2,1H3,(H,39,43)(H,40,44). The fourth-order valence-electron chi connectivity index (χ4n) is 4.73. The van der Waals surface area contributed by atoms with Crippen molar-refractivity contribution >= 4 is 39.1 Å². The number of amides is 3. The molecule has 1 atom stereocenters. The van der Waals surface area contributed by atoms with Gasteiger partial charge in [-0.1, -0.05) is 0 Å². The number of halogens is 9. The van der Waals surface area contributed by atoms with Crippen LogP contribution in [-0.2, 0) is 38.1 Å². The van der Waals surface area contributed by atoms with Crippen molar-refractivity contribution in [2.45, 2.75) is 36.4 Å². The number of nitrogens with zero attached hydrogens (tertiary/aromatic N) is 2. The van der Waals surface area contributed by atoms with Crippen molar-refractivity contribution in [2.24, 2.45) is 0 Å². The van der Waals surface area contributed by atoms with E-state index in [-0.39, 0.29) is 29.6 Å². The quantitative estimate of drug-likeness (QED) is 0.312. The molecule has 258 valence electrons. The van der Waals surface area contributed by atoms with Gasteiger partial charge in [0.1, 0.15) is 6.04 Å². The summed E-state index contributed by atoms with van der Waals surface area (Å²) in [7, 11) is -4.61. The van der Waals surface area contributed by atoms with E-state index in [9.17, 15) is 62.3 Å². The van der Waals surface area contributed by atoms with Gasteiger partial charge < -0.3 is 15.5 Å². The van der Waals surface area contributed by atoms with E-state index < -0.39 is 99.1 Å². The average molecular weight is 711 g/mol. The summed E-state index contributed by atoms with van der Waals surface area (Å²) in [5.74, 6) is -3.02. The molecule has 48 heavy (non-hydrogen) atoms. The van der Waals surface area contributed by atoms with Gasteiger partial charge in [0.2, 0.25) is 21.8 Å². The van der Waals surface area contributed by atoms with Crippen LogP contribution >= 0.6 is 0 Å². The van der Waals surface area contributed by atoms with Crippen molar-refractivity contribution in [1.82, 2.24) is 9.21 Å². The van der Waals surface area contributed by atoms with Gasteiger partial charge in [0.25, 0.3) is 5.91 Å². The Morgan fingerprint density at radius 3 is 1.65 bits per heavy atom. The minimum Gasteiger partial charge on any atom is -0.335 e. The van der Waals surface area contributed by atoms with E-state index in [0.717, 1.165) is 24.3 Å². The fourth-order valence-corrected chi connectivity index (χ4v) is 6.30. The van der Waals surface area contributed by atoms with E-state index in [1.165, 1.54) is 19.1 Å². The highest BCUT2D eigenvalue weighted by Gasteiger charge is 2.43. The maximum Gasteiger partial charge on any atom is 0.416 e. The zero-order valence-corrected chi connectivity index (χ0v) is 25.1. The van der Waals surface area contributed by atoms with Crippen LogP contribution in [0.4, 0.5) is 50.9 Å². The molecular formula is C29H23F9N4O5S. The molecule has 1 saturated heterocycles. The maximum atomic E-state index is 13.7. The Hall–Kier alpha value is -4.65. The van der Waals surface area contributed by atoms with Crippen LogP contribution in [0.5, 0.6) is 0 Å². The van der Waals surface area contributed by atoms with E-state index in [2.05, 4.69) is 10.6 Å². The van der Waals surface area contributed by atoms with Crippen LogP contribution < -0.4 is 10.6 Å². The minimum atomic E-state index is -5.28. The molecule has 19 heteroatoms. The van der Waals surface area contributed by atoms with Crippen LogP contribution in [0.15, 0.2) is 71.6 Å². The maximum absolute atomic E-state index is 13.7. The molecular weight excluding hydrogens is 687 g/mol. The summed E-state index contributed by atoms with van der Waals surface area (Å²) >= 11 is 0. The summed E-state index contributed by atoms with van der Waals surface area (Å²) in [5.41, 5.74) is -5.67. The normalized spacial score (nSPS) is 16.4. The Kier molecular flexibility index (Phi) is 9.88. The number of nitrogens with one attached hydrogen (secondary N) is 2. The lowest BCUT2D eigenvalue weighted by Gasteiger charge is -2.39. The number of rotatable bonds is 6. The van der Waals surface area contributed by atoms with Crippen molar-refractivity contribution in [1.29, 1.82) is 0 Å². The molecule has 1 fully saturated rings. The monoisotopic (exact) mass is 710 g/mol. The van der Waals surface area contributed by atoms with Gasteiger partial charge in [0, 0.05) is 43.5 Å². The van der Waals surface area contributed by atoms with Gasteiger partial charge in [-0.05, 0) is 66.7 Å². The van der Waals surface area contributed by atoms with Crippen molar-refractivity contribution in [3.63, 3.8) is 0 Å².